The molecule has 64 valence electrons. The summed E-state index contributed by atoms with van der Waals surface area (Å²) in [4.78, 5) is 21.6. The lowest BCUT2D eigenvalue weighted by molar-refractivity contribution is -0.478. The normalized spacial score (nSPS) is 19.9. The molecule has 1 aliphatic rings. The highest BCUT2D eigenvalue weighted by Crippen LogP contribution is 2.16. The smallest absolute Gasteiger partial charge is 0.230 e. The van der Waals surface area contributed by atoms with Crippen LogP contribution < -0.4 is 0 Å². The Morgan fingerprint density at radius 1 is 1.83 bits per heavy atom. The van der Waals surface area contributed by atoms with Crippen molar-refractivity contribution in [3.63, 3.8) is 0 Å². The van der Waals surface area contributed by atoms with E-state index in [4.69, 9.17) is 5.26 Å². The van der Waals surface area contributed by atoms with E-state index < -0.39 is 4.92 Å². The number of nitro groups is 1. The Balaban J connectivity index is 2.23. The summed E-state index contributed by atoms with van der Waals surface area (Å²) < 4.78 is 0. The molecular formula is C6H7N3O3. The van der Waals surface area contributed by atoms with E-state index in [0.29, 0.717) is 6.54 Å². The fourth-order valence-corrected chi connectivity index (χ4v) is 0.856. The highest BCUT2D eigenvalue weighted by Gasteiger charge is 2.38. The van der Waals surface area contributed by atoms with Crippen molar-refractivity contribution in [1.82, 2.24) is 4.90 Å². The Bertz CT molecular complexity index is 257. The first-order valence-electron chi connectivity index (χ1n) is 3.46. The topological polar surface area (TPSA) is 87.0 Å². The Morgan fingerprint density at radius 2 is 2.50 bits per heavy atom. The van der Waals surface area contributed by atoms with E-state index in [-0.39, 0.29) is 24.9 Å². The zero-order valence-electron chi connectivity index (χ0n) is 6.27. The van der Waals surface area contributed by atoms with Crippen molar-refractivity contribution < 1.29 is 9.72 Å². The molecule has 1 unspecified atom stereocenters. The van der Waals surface area contributed by atoms with Crippen LogP contribution in [0.3, 0.4) is 0 Å². The Hall–Kier alpha value is -1.64. The maximum Gasteiger partial charge on any atom is 0.230 e. The van der Waals surface area contributed by atoms with Crippen LogP contribution in [0.1, 0.15) is 6.42 Å². The van der Waals surface area contributed by atoms with E-state index in [2.05, 4.69) is 0 Å². The van der Waals surface area contributed by atoms with Crippen molar-refractivity contribution in [2.75, 3.05) is 13.1 Å². The second-order valence-electron chi connectivity index (χ2n) is 2.50. The minimum atomic E-state index is -0.539. The van der Waals surface area contributed by atoms with Gasteiger partial charge in [-0.25, -0.2) is 0 Å². The number of nitrogens with zero attached hydrogens (tertiary/aromatic N) is 3. The molecule has 1 saturated heterocycles. The van der Waals surface area contributed by atoms with Gasteiger partial charge in [-0.1, -0.05) is 0 Å². The van der Waals surface area contributed by atoms with E-state index in [0.717, 1.165) is 0 Å². The van der Waals surface area contributed by atoms with Crippen molar-refractivity contribution in [3.05, 3.63) is 10.1 Å². The zero-order valence-corrected chi connectivity index (χ0v) is 6.27. The SMILES string of the molecule is N#CC1CN1C(=O)CC[N+](=O)[O-]. The predicted molar refractivity (Wildman–Crippen MR) is 37.6 cm³/mol. The van der Waals surface area contributed by atoms with Crippen LogP contribution in [0.4, 0.5) is 0 Å². The van der Waals surface area contributed by atoms with Gasteiger partial charge in [-0.15, -0.1) is 0 Å². The molecule has 0 saturated carbocycles. The highest BCUT2D eigenvalue weighted by molar-refractivity contribution is 5.79. The Kier molecular flexibility index (Phi) is 2.24. The second kappa shape index (κ2) is 3.17. The number of rotatable bonds is 3. The number of hydrogen-bond donors (Lipinski definition) is 0. The lowest BCUT2D eigenvalue weighted by Gasteiger charge is -1.96. The summed E-state index contributed by atoms with van der Waals surface area (Å²) in [6.45, 7) is 0.0700. The first kappa shape index (κ1) is 8.46. The molecule has 0 aromatic rings. The van der Waals surface area contributed by atoms with Gasteiger partial charge in [0.05, 0.1) is 19.0 Å². The lowest BCUT2D eigenvalue weighted by atomic mass is 10.4. The maximum atomic E-state index is 10.9. The van der Waals surface area contributed by atoms with Gasteiger partial charge in [-0.05, 0) is 0 Å². The summed E-state index contributed by atoms with van der Waals surface area (Å²) in [5.41, 5.74) is 0. The van der Waals surface area contributed by atoms with Crippen molar-refractivity contribution in [2.45, 2.75) is 12.5 Å². The zero-order chi connectivity index (χ0) is 9.14. The molecule has 1 heterocycles. The number of amides is 1. The van der Waals surface area contributed by atoms with E-state index >= 15 is 0 Å². The monoisotopic (exact) mass is 169 g/mol. The molecule has 0 bridgehead atoms. The third-order valence-corrected chi connectivity index (χ3v) is 1.59. The van der Waals surface area contributed by atoms with Gasteiger partial charge in [0, 0.05) is 4.92 Å². The molecule has 12 heavy (non-hydrogen) atoms. The summed E-state index contributed by atoms with van der Waals surface area (Å²) in [6, 6.07) is 1.55. The van der Waals surface area contributed by atoms with Gasteiger partial charge in [0.25, 0.3) is 0 Å². The average Bonchev–Trinajstić information content (AvgIpc) is 2.78. The Morgan fingerprint density at radius 3 is 2.92 bits per heavy atom. The van der Waals surface area contributed by atoms with Crippen molar-refractivity contribution in [3.8, 4) is 6.07 Å². The molecular weight excluding hydrogens is 162 g/mol. The van der Waals surface area contributed by atoms with Gasteiger partial charge in [0.15, 0.2) is 0 Å². The third kappa shape index (κ3) is 1.92. The fourth-order valence-electron chi connectivity index (χ4n) is 0.856. The molecule has 1 aliphatic heterocycles. The van der Waals surface area contributed by atoms with Crippen LogP contribution in [-0.2, 0) is 4.79 Å². The summed E-state index contributed by atoms with van der Waals surface area (Å²) in [6.07, 6.45) is -0.106. The lowest BCUT2D eigenvalue weighted by Crippen LogP contribution is -2.17. The van der Waals surface area contributed by atoms with E-state index in [9.17, 15) is 14.9 Å². The average molecular weight is 169 g/mol. The molecule has 0 aliphatic carbocycles. The molecule has 1 amide bonds. The molecule has 1 atom stereocenters. The molecule has 0 N–H and O–H groups in total. The number of hydrogen-bond acceptors (Lipinski definition) is 4. The molecule has 0 aromatic carbocycles. The molecule has 0 aromatic heterocycles. The quantitative estimate of drug-likeness (QED) is 0.320. The Labute approximate surface area is 68.5 Å². The van der Waals surface area contributed by atoms with Crippen LogP contribution in [0, 0.1) is 21.4 Å². The molecule has 1 fully saturated rings. The molecule has 6 nitrogen and oxygen atoms in total. The van der Waals surface area contributed by atoms with Crippen molar-refractivity contribution in [1.29, 1.82) is 5.26 Å². The minimum absolute atomic E-state index is 0.106. The highest BCUT2D eigenvalue weighted by atomic mass is 16.6. The first-order chi connectivity index (χ1) is 5.65. The fraction of sp³-hybridized carbons (Fsp3) is 0.667. The predicted octanol–water partition coefficient (Wildman–Crippen LogP) is -0.612. The van der Waals surface area contributed by atoms with Crippen molar-refractivity contribution in [2.24, 2.45) is 0 Å². The van der Waals surface area contributed by atoms with Gasteiger partial charge in [-0.2, -0.15) is 5.26 Å². The van der Waals surface area contributed by atoms with Crippen LogP contribution in [-0.4, -0.2) is 34.9 Å². The van der Waals surface area contributed by atoms with E-state index in [1.165, 1.54) is 4.90 Å². The van der Waals surface area contributed by atoms with Gasteiger partial charge in [0.1, 0.15) is 6.04 Å². The van der Waals surface area contributed by atoms with E-state index in [1.807, 2.05) is 6.07 Å². The van der Waals surface area contributed by atoms with Gasteiger partial charge < -0.3 is 4.90 Å². The van der Waals surface area contributed by atoms with Gasteiger partial charge >= 0.3 is 0 Å². The van der Waals surface area contributed by atoms with Gasteiger partial charge in [0.2, 0.25) is 12.5 Å². The first-order valence-corrected chi connectivity index (χ1v) is 3.46. The van der Waals surface area contributed by atoms with Crippen molar-refractivity contribution >= 4 is 5.91 Å². The summed E-state index contributed by atoms with van der Waals surface area (Å²) in [7, 11) is 0. The van der Waals surface area contributed by atoms with Crippen LogP contribution in [0.15, 0.2) is 0 Å². The standard InChI is InChI=1S/C6H7N3O3/c7-3-5-4-8(5)6(10)1-2-9(11)12/h5H,1-2,4H2. The molecule has 6 heteroatoms. The summed E-state index contributed by atoms with van der Waals surface area (Å²) in [5, 5.41) is 18.2. The third-order valence-electron chi connectivity index (χ3n) is 1.59. The second-order valence-corrected chi connectivity index (χ2v) is 2.50. The van der Waals surface area contributed by atoms with Crippen LogP contribution in [0.25, 0.3) is 0 Å². The largest absolute Gasteiger partial charge is 0.322 e. The number of carbonyl (C=O) groups is 1. The minimum Gasteiger partial charge on any atom is -0.322 e. The molecule has 0 radical (unpaired) electrons. The van der Waals surface area contributed by atoms with E-state index in [1.54, 1.807) is 0 Å². The summed E-state index contributed by atoms with van der Waals surface area (Å²) in [5.74, 6) is -0.307. The number of nitriles is 1. The molecule has 1 rings (SSSR count). The van der Waals surface area contributed by atoms with Gasteiger partial charge in [-0.3, -0.25) is 14.9 Å². The summed E-state index contributed by atoms with van der Waals surface area (Å²) >= 11 is 0. The van der Waals surface area contributed by atoms with Crippen LogP contribution in [0.5, 0.6) is 0 Å². The van der Waals surface area contributed by atoms with Crippen LogP contribution in [0.2, 0.25) is 0 Å². The number of carbonyl (C=O) groups excluding carboxylic acids is 1. The molecule has 0 spiro atoms. The maximum absolute atomic E-state index is 10.9. The van der Waals surface area contributed by atoms with Crippen LogP contribution >= 0.6 is 0 Å².